The number of benzene rings is 2. The third kappa shape index (κ3) is 5.50. The van der Waals surface area contributed by atoms with Crippen LogP contribution in [0.3, 0.4) is 0 Å². The van der Waals surface area contributed by atoms with E-state index < -0.39 is 0 Å². The average Bonchev–Trinajstić information content (AvgIpc) is 3.37. The van der Waals surface area contributed by atoms with Crippen molar-refractivity contribution in [2.24, 2.45) is 0 Å². The first kappa shape index (κ1) is 23.8. The summed E-state index contributed by atoms with van der Waals surface area (Å²) in [6, 6.07) is 12.9. The second kappa shape index (κ2) is 10.8. The van der Waals surface area contributed by atoms with Crippen molar-refractivity contribution < 1.29 is 19.1 Å². The first-order valence-corrected chi connectivity index (χ1v) is 12.5. The fourth-order valence-corrected chi connectivity index (χ4v) is 4.79. The molecule has 9 heteroatoms. The van der Waals surface area contributed by atoms with E-state index in [1.54, 1.807) is 18.2 Å². The molecule has 2 heterocycles. The van der Waals surface area contributed by atoms with Crippen LogP contribution in [0.4, 0.5) is 0 Å². The molecule has 0 saturated heterocycles. The zero-order valence-corrected chi connectivity index (χ0v) is 20.1. The van der Waals surface area contributed by atoms with Crippen molar-refractivity contribution in [3.63, 3.8) is 0 Å². The van der Waals surface area contributed by atoms with E-state index in [9.17, 15) is 14.4 Å². The minimum absolute atomic E-state index is 0.0655. The first-order valence-electron chi connectivity index (χ1n) is 12.5. The van der Waals surface area contributed by atoms with E-state index in [-0.39, 0.29) is 55.3 Å². The van der Waals surface area contributed by atoms with Crippen molar-refractivity contribution in [1.82, 2.24) is 20.2 Å². The molecule has 9 nitrogen and oxygen atoms in total. The number of hydrogen-bond donors (Lipinski definition) is 2. The van der Waals surface area contributed by atoms with Gasteiger partial charge in [-0.3, -0.25) is 19.0 Å². The lowest BCUT2D eigenvalue weighted by Gasteiger charge is -2.22. The summed E-state index contributed by atoms with van der Waals surface area (Å²) in [5.74, 6) is 0.964. The van der Waals surface area contributed by atoms with Gasteiger partial charge in [-0.15, -0.1) is 0 Å². The molecule has 36 heavy (non-hydrogen) atoms. The van der Waals surface area contributed by atoms with Crippen molar-refractivity contribution in [2.75, 3.05) is 6.79 Å². The smallest absolute Gasteiger partial charge is 0.273 e. The minimum atomic E-state index is -0.350. The van der Waals surface area contributed by atoms with Crippen LogP contribution >= 0.6 is 0 Å². The number of nitrogens with zero attached hydrogens (tertiary/aromatic N) is 2. The van der Waals surface area contributed by atoms with Crippen LogP contribution in [0, 0.1) is 0 Å². The van der Waals surface area contributed by atoms with Crippen molar-refractivity contribution in [3.8, 4) is 11.5 Å². The van der Waals surface area contributed by atoms with Gasteiger partial charge >= 0.3 is 0 Å². The summed E-state index contributed by atoms with van der Waals surface area (Å²) in [5.41, 5.74) is 2.00. The maximum Gasteiger partial charge on any atom is 0.273 e. The molecule has 5 rings (SSSR count). The Morgan fingerprint density at radius 1 is 1.00 bits per heavy atom. The standard InChI is InChI=1S/C27H30N4O5/c32-25(29-19-6-2-1-3-7-19)13-11-21-27(34)31(22-9-5-4-8-20(22)30-21)16-26(33)28-15-18-10-12-23-24(14-18)36-17-35-23/h4-5,8-10,12,14,19H,1-3,6-7,11,13,15-17H2,(H,28,33)(H,29,32). The lowest BCUT2D eigenvalue weighted by atomic mass is 9.95. The number of para-hydroxylation sites is 2. The molecule has 2 N–H and O–H groups in total. The zero-order valence-electron chi connectivity index (χ0n) is 20.1. The summed E-state index contributed by atoms with van der Waals surface area (Å²) in [5, 5.41) is 5.95. The van der Waals surface area contributed by atoms with Crippen molar-refractivity contribution in [1.29, 1.82) is 0 Å². The second-order valence-electron chi connectivity index (χ2n) is 9.31. The summed E-state index contributed by atoms with van der Waals surface area (Å²) in [7, 11) is 0. The number of ether oxygens (including phenoxy) is 2. The van der Waals surface area contributed by atoms with Crippen LogP contribution in [0.2, 0.25) is 0 Å². The second-order valence-corrected chi connectivity index (χ2v) is 9.31. The van der Waals surface area contributed by atoms with Gasteiger partial charge in [0.2, 0.25) is 18.6 Å². The van der Waals surface area contributed by atoms with E-state index in [0.29, 0.717) is 29.1 Å². The highest BCUT2D eigenvalue weighted by atomic mass is 16.7. The highest BCUT2D eigenvalue weighted by Gasteiger charge is 2.18. The molecule has 2 aliphatic rings. The van der Waals surface area contributed by atoms with Crippen LogP contribution in [0.5, 0.6) is 11.5 Å². The molecule has 1 saturated carbocycles. The molecule has 1 aliphatic carbocycles. The Labute approximate surface area is 208 Å². The van der Waals surface area contributed by atoms with Gasteiger partial charge in [0.1, 0.15) is 12.2 Å². The molecule has 0 unspecified atom stereocenters. The number of amides is 2. The highest BCUT2D eigenvalue weighted by Crippen LogP contribution is 2.32. The van der Waals surface area contributed by atoms with Gasteiger partial charge in [0.15, 0.2) is 11.5 Å². The fraction of sp³-hybridized carbons (Fsp3) is 0.407. The monoisotopic (exact) mass is 490 g/mol. The number of nitrogens with one attached hydrogen (secondary N) is 2. The van der Waals surface area contributed by atoms with Crippen molar-refractivity contribution in [2.45, 2.75) is 64.1 Å². The van der Waals surface area contributed by atoms with Gasteiger partial charge in [-0.05, 0) is 42.7 Å². The highest BCUT2D eigenvalue weighted by molar-refractivity contribution is 5.80. The quantitative estimate of drug-likeness (QED) is 0.502. The Bertz CT molecular complexity index is 1330. The van der Waals surface area contributed by atoms with Gasteiger partial charge in [-0.25, -0.2) is 4.98 Å². The Morgan fingerprint density at radius 3 is 2.67 bits per heavy atom. The molecular formula is C27H30N4O5. The summed E-state index contributed by atoms with van der Waals surface area (Å²) in [4.78, 5) is 43.1. The van der Waals surface area contributed by atoms with Crippen LogP contribution in [0.1, 0.15) is 49.8 Å². The number of fused-ring (bicyclic) bond motifs is 2. The van der Waals surface area contributed by atoms with Crippen LogP contribution in [0.15, 0.2) is 47.3 Å². The van der Waals surface area contributed by atoms with Crippen LogP contribution in [0.25, 0.3) is 11.0 Å². The maximum absolute atomic E-state index is 13.3. The SMILES string of the molecule is O=C(Cn1c(=O)c(CCC(=O)NC2CCCCC2)nc2ccccc21)NCc1ccc2c(c1)OCO2. The van der Waals surface area contributed by atoms with Gasteiger partial charge in [-0.2, -0.15) is 0 Å². The number of carbonyl (C=O) groups excluding carboxylic acids is 2. The molecule has 1 aromatic heterocycles. The predicted molar refractivity (Wildman–Crippen MR) is 134 cm³/mol. The third-order valence-electron chi connectivity index (χ3n) is 6.71. The van der Waals surface area contributed by atoms with E-state index in [2.05, 4.69) is 15.6 Å². The van der Waals surface area contributed by atoms with Gasteiger partial charge in [0, 0.05) is 25.4 Å². The predicted octanol–water partition coefficient (Wildman–Crippen LogP) is 2.82. The molecule has 0 bridgehead atoms. The largest absolute Gasteiger partial charge is 0.454 e. The lowest BCUT2D eigenvalue weighted by molar-refractivity contribution is -0.122. The molecule has 2 amide bonds. The summed E-state index contributed by atoms with van der Waals surface area (Å²) in [6.45, 7) is 0.336. The topological polar surface area (TPSA) is 112 Å². The normalized spacial score (nSPS) is 15.1. The average molecular weight is 491 g/mol. The van der Waals surface area contributed by atoms with E-state index >= 15 is 0 Å². The number of hydrogen-bond acceptors (Lipinski definition) is 6. The summed E-state index contributed by atoms with van der Waals surface area (Å²) < 4.78 is 12.1. The van der Waals surface area contributed by atoms with Crippen LogP contribution in [-0.2, 0) is 29.1 Å². The Balaban J connectivity index is 1.26. The molecule has 0 spiro atoms. The number of carbonyl (C=O) groups is 2. The van der Waals surface area contributed by atoms with Gasteiger partial charge < -0.3 is 20.1 Å². The number of aromatic nitrogens is 2. The zero-order chi connectivity index (χ0) is 24.9. The maximum atomic E-state index is 13.3. The lowest BCUT2D eigenvalue weighted by Crippen LogP contribution is -2.37. The van der Waals surface area contributed by atoms with E-state index in [1.165, 1.54) is 11.0 Å². The van der Waals surface area contributed by atoms with Crippen LogP contribution in [-0.4, -0.2) is 34.2 Å². The molecular weight excluding hydrogens is 460 g/mol. The Morgan fingerprint density at radius 2 is 1.81 bits per heavy atom. The van der Waals surface area contributed by atoms with E-state index in [0.717, 1.165) is 31.2 Å². The van der Waals surface area contributed by atoms with Gasteiger partial charge in [0.05, 0.1) is 11.0 Å². The minimum Gasteiger partial charge on any atom is -0.454 e. The Kier molecular flexibility index (Phi) is 7.16. The van der Waals surface area contributed by atoms with Crippen molar-refractivity contribution >= 4 is 22.8 Å². The molecule has 1 aliphatic heterocycles. The molecule has 3 aromatic rings. The van der Waals surface area contributed by atoms with E-state index in [4.69, 9.17) is 9.47 Å². The van der Waals surface area contributed by atoms with Gasteiger partial charge in [-0.1, -0.05) is 37.5 Å². The van der Waals surface area contributed by atoms with Crippen LogP contribution < -0.4 is 25.7 Å². The molecule has 0 radical (unpaired) electrons. The Hall–Kier alpha value is -3.88. The molecule has 188 valence electrons. The van der Waals surface area contributed by atoms with Crippen molar-refractivity contribution in [3.05, 3.63) is 64.1 Å². The van der Waals surface area contributed by atoms with Gasteiger partial charge in [0.25, 0.3) is 5.56 Å². The van der Waals surface area contributed by atoms with E-state index in [1.807, 2.05) is 24.3 Å². The number of aryl methyl sites for hydroxylation is 1. The summed E-state index contributed by atoms with van der Waals surface area (Å²) >= 11 is 0. The first-order chi connectivity index (χ1) is 17.6. The molecule has 2 aromatic carbocycles. The fourth-order valence-electron chi connectivity index (χ4n) is 4.79. The third-order valence-corrected chi connectivity index (χ3v) is 6.71. The summed E-state index contributed by atoms with van der Waals surface area (Å²) in [6.07, 6.45) is 5.92. The molecule has 1 fully saturated rings. The molecule has 0 atom stereocenters. The number of rotatable bonds is 8.